The molecule has 0 saturated carbocycles. The van der Waals surface area contributed by atoms with Crippen LogP contribution < -0.4 is 0 Å². The molecule has 0 aromatic rings. The fourth-order valence-corrected chi connectivity index (χ4v) is 2.20. The molecule has 0 unspecified atom stereocenters. The molecule has 0 rings (SSSR count). The Kier molecular flexibility index (Phi) is 7.99. The van der Waals surface area contributed by atoms with Crippen LogP contribution in [0.4, 0.5) is 70.2 Å². The summed E-state index contributed by atoms with van der Waals surface area (Å²) in [5.74, 6) is -50.5. The summed E-state index contributed by atoms with van der Waals surface area (Å²) >= 11 is 0. The van der Waals surface area contributed by atoms with E-state index in [1.54, 1.807) is 0 Å². The molecule has 0 aliphatic rings. The quantitative estimate of drug-likeness (QED) is 0.266. The van der Waals surface area contributed by atoms with E-state index in [9.17, 15) is 79.8 Å². The van der Waals surface area contributed by atoms with Crippen molar-refractivity contribution < 1.29 is 90.0 Å². The standard InChI is InChI=1S/C13H8F16O4/c14-3(15)10(22,23)12(26,27)8(18,19)1-7(5(30)31,6(32)33)2-9(20,21)13(28,29)11(24,25)4(16)17/h3-4H,1-2H2,(H,30,31)(H,32,33). The van der Waals surface area contributed by atoms with Gasteiger partial charge in [0.1, 0.15) is 0 Å². The molecule has 0 aromatic carbocycles. The molecule has 2 N–H and O–H groups in total. The molecule has 0 aliphatic carbocycles. The second-order valence-corrected chi connectivity index (χ2v) is 6.45. The smallest absolute Gasteiger partial charge is 0.377 e. The first-order chi connectivity index (χ1) is 14.2. The lowest BCUT2D eigenvalue weighted by molar-refractivity contribution is -0.353. The van der Waals surface area contributed by atoms with Crippen molar-refractivity contribution in [3.8, 4) is 0 Å². The van der Waals surface area contributed by atoms with Crippen molar-refractivity contribution in [1.29, 1.82) is 0 Å². The molecule has 0 atom stereocenters. The number of alkyl halides is 16. The number of aliphatic carboxylic acids is 2. The van der Waals surface area contributed by atoms with Gasteiger partial charge in [0.15, 0.2) is 5.41 Å². The number of rotatable bonds is 12. The number of hydrogen-bond donors (Lipinski definition) is 2. The van der Waals surface area contributed by atoms with Crippen molar-refractivity contribution >= 4 is 11.9 Å². The van der Waals surface area contributed by atoms with E-state index in [0.29, 0.717) is 0 Å². The van der Waals surface area contributed by atoms with E-state index in [0.717, 1.165) is 0 Å². The molecule has 33 heavy (non-hydrogen) atoms. The van der Waals surface area contributed by atoms with Crippen LogP contribution in [0.3, 0.4) is 0 Å². The van der Waals surface area contributed by atoms with E-state index in [1.807, 2.05) is 0 Å². The van der Waals surface area contributed by atoms with Crippen LogP contribution in [0.25, 0.3) is 0 Å². The Morgan fingerprint density at radius 1 is 0.545 bits per heavy atom. The molecule has 0 amide bonds. The van der Waals surface area contributed by atoms with Gasteiger partial charge in [-0.3, -0.25) is 9.59 Å². The second-order valence-electron chi connectivity index (χ2n) is 6.45. The zero-order valence-electron chi connectivity index (χ0n) is 14.8. The zero-order valence-corrected chi connectivity index (χ0v) is 14.8. The minimum atomic E-state index is -7.42. The maximum atomic E-state index is 13.7. The summed E-state index contributed by atoms with van der Waals surface area (Å²) in [4.78, 5) is 22.1. The Labute approximate surface area is 170 Å². The van der Waals surface area contributed by atoms with Crippen molar-refractivity contribution in [3.63, 3.8) is 0 Å². The fourth-order valence-electron chi connectivity index (χ4n) is 2.20. The number of hydrogen-bond acceptors (Lipinski definition) is 2. The minimum absolute atomic E-state index is 3.72. The Morgan fingerprint density at radius 2 is 0.758 bits per heavy atom. The normalized spacial score (nSPS) is 15.3. The third kappa shape index (κ3) is 4.73. The number of halogens is 16. The Bertz CT molecular complexity index is 685. The van der Waals surface area contributed by atoms with Gasteiger partial charge in [-0.05, 0) is 0 Å². The van der Waals surface area contributed by atoms with Crippen molar-refractivity contribution in [1.82, 2.24) is 0 Å². The summed E-state index contributed by atoms with van der Waals surface area (Å²) in [7, 11) is 0. The van der Waals surface area contributed by atoms with Gasteiger partial charge in [0, 0.05) is 12.8 Å². The highest BCUT2D eigenvalue weighted by atomic mass is 19.4. The summed E-state index contributed by atoms with van der Waals surface area (Å²) in [6.07, 6.45) is -19.4. The summed E-state index contributed by atoms with van der Waals surface area (Å²) in [5, 5.41) is 17.3. The Balaban J connectivity index is 6.78. The van der Waals surface area contributed by atoms with E-state index < -0.39 is 78.6 Å². The van der Waals surface area contributed by atoms with E-state index in [1.165, 1.54) is 0 Å². The van der Waals surface area contributed by atoms with E-state index in [2.05, 4.69) is 0 Å². The second kappa shape index (κ2) is 8.55. The van der Waals surface area contributed by atoms with Crippen LogP contribution in [0, 0.1) is 5.41 Å². The highest BCUT2D eigenvalue weighted by Crippen LogP contribution is 2.57. The summed E-state index contributed by atoms with van der Waals surface area (Å²) in [6, 6.07) is 0. The van der Waals surface area contributed by atoms with Gasteiger partial charge in [-0.1, -0.05) is 0 Å². The lowest BCUT2D eigenvalue weighted by Crippen LogP contribution is -2.63. The van der Waals surface area contributed by atoms with Gasteiger partial charge in [-0.25, -0.2) is 17.6 Å². The molecular weight excluding hydrogens is 524 g/mol. The molecule has 0 saturated heterocycles. The van der Waals surface area contributed by atoms with Crippen LogP contribution in [0.15, 0.2) is 0 Å². The fraction of sp³-hybridized carbons (Fsp3) is 0.846. The van der Waals surface area contributed by atoms with Crippen LogP contribution in [-0.2, 0) is 9.59 Å². The largest absolute Gasteiger partial charge is 0.480 e. The lowest BCUT2D eigenvalue weighted by Gasteiger charge is -2.39. The molecule has 20 heteroatoms. The maximum absolute atomic E-state index is 13.7. The van der Waals surface area contributed by atoms with Crippen LogP contribution >= 0.6 is 0 Å². The first-order valence-corrected chi connectivity index (χ1v) is 7.49. The van der Waals surface area contributed by atoms with Gasteiger partial charge in [-0.15, -0.1) is 0 Å². The summed E-state index contributed by atoms with van der Waals surface area (Å²) in [6.45, 7) is 0. The van der Waals surface area contributed by atoms with Gasteiger partial charge >= 0.3 is 60.3 Å². The zero-order chi connectivity index (χ0) is 27.2. The molecular formula is C13H8F16O4. The van der Waals surface area contributed by atoms with Crippen molar-refractivity contribution in [2.24, 2.45) is 5.41 Å². The molecule has 196 valence electrons. The molecule has 0 aliphatic heterocycles. The first kappa shape index (κ1) is 30.8. The van der Waals surface area contributed by atoms with Gasteiger partial charge in [0.05, 0.1) is 0 Å². The van der Waals surface area contributed by atoms with Gasteiger partial charge in [0.25, 0.3) is 0 Å². The molecule has 4 nitrogen and oxygen atoms in total. The first-order valence-electron chi connectivity index (χ1n) is 7.49. The predicted octanol–water partition coefficient (Wildman–Crippen LogP) is 5.26. The average Bonchev–Trinajstić information content (AvgIpc) is 2.59. The van der Waals surface area contributed by atoms with E-state index in [4.69, 9.17) is 10.2 Å². The average molecular weight is 532 g/mol. The molecule has 0 bridgehead atoms. The predicted molar refractivity (Wildman–Crippen MR) is 68.6 cm³/mol. The van der Waals surface area contributed by atoms with Crippen LogP contribution in [-0.4, -0.2) is 70.5 Å². The molecule has 0 fully saturated rings. The van der Waals surface area contributed by atoms with Crippen LogP contribution in [0.1, 0.15) is 12.8 Å². The maximum Gasteiger partial charge on any atom is 0.377 e. The molecule has 0 aromatic heterocycles. The Morgan fingerprint density at radius 3 is 0.909 bits per heavy atom. The highest BCUT2D eigenvalue weighted by molar-refractivity contribution is 5.98. The number of carboxylic acids is 2. The van der Waals surface area contributed by atoms with Crippen molar-refractivity contribution in [3.05, 3.63) is 0 Å². The van der Waals surface area contributed by atoms with E-state index in [-0.39, 0.29) is 0 Å². The third-order valence-electron chi connectivity index (χ3n) is 4.17. The topological polar surface area (TPSA) is 74.6 Å². The number of carbonyl (C=O) groups is 2. The van der Waals surface area contributed by atoms with Gasteiger partial charge < -0.3 is 10.2 Å². The van der Waals surface area contributed by atoms with Gasteiger partial charge in [-0.2, -0.15) is 52.7 Å². The molecule has 0 spiro atoms. The van der Waals surface area contributed by atoms with Gasteiger partial charge in [0.2, 0.25) is 0 Å². The number of carboxylic acid groups (broad SMARTS) is 2. The van der Waals surface area contributed by atoms with E-state index >= 15 is 0 Å². The lowest BCUT2D eigenvalue weighted by atomic mass is 9.73. The third-order valence-corrected chi connectivity index (χ3v) is 4.17. The Hall–Kier alpha value is -2.18. The van der Waals surface area contributed by atoms with Crippen LogP contribution in [0.2, 0.25) is 0 Å². The van der Waals surface area contributed by atoms with Crippen molar-refractivity contribution in [2.75, 3.05) is 0 Å². The van der Waals surface area contributed by atoms with Crippen LogP contribution in [0.5, 0.6) is 0 Å². The van der Waals surface area contributed by atoms with Crippen molar-refractivity contribution in [2.45, 2.75) is 61.2 Å². The molecule has 0 radical (unpaired) electrons. The SMILES string of the molecule is O=C(O)C(CC(F)(F)C(F)(F)C(F)(F)C(F)F)(CC(F)(F)C(F)(F)C(F)(F)C(F)F)C(=O)O. The minimum Gasteiger partial charge on any atom is -0.480 e. The molecule has 0 heterocycles. The summed E-state index contributed by atoms with van der Waals surface area (Å²) < 4.78 is 208. The summed E-state index contributed by atoms with van der Waals surface area (Å²) in [5.41, 5.74) is -5.49. The monoisotopic (exact) mass is 532 g/mol. The highest BCUT2D eigenvalue weighted by Gasteiger charge is 2.80.